The summed E-state index contributed by atoms with van der Waals surface area (Å²) in [5.74, 6) is 0.0964. The van der Waals surface area contributed by atoms with E-state index in [-0.39, 0.29) is 5.78 Å². The summed E-state index contributed by atoms with van der Waals surface area (Å²) in [6.45, 7) is 4.36. The lowest BCUT2D eigenvalue weighted by Gasteiger charge is -2.26. The fourth-order valence-corrected chi connectivity index (χ4v) is 1.54. The van der Waals surface area contributed by atoms with Gasteiger partial charge in [-0.2, -0.15) is 0 Å². The minimum absolute atomic E-state index is 0.0964. The number of Topliss-reactive ketones (excluding diaryl/α,β-unsaturated/α-hetero) is 1. The molecule has 0 saturated heterocycles. The molecular weight excluding hydrogens is 202 g/mol. The first-order chi connectivity index (χ1) is 7.56. The average Bonchev–Trinajstić information content (AvgIpc) is 2.28. The lowest BCUT2D eigenvalue weighted by Crippen LogP contribution is -2.32. The van der Waals surface area contributed by atoms with Crippen LogP contribution in [0.5, 0.6) is 0 Å². The van der Waals surface area contributed by atoms with Crippen LogP contribution in [-0.4, -0.2) is 32.6 Å². The number of hydrogen-bond acceptors (Lipinski definition) is 3. The first kappa shape index (κ1) is 12.7. The van der Waals surface area contributed by atoms with Crippen molar-refractivity contribution in [3.63, 3.8) is 0 Å². The Hall–Kier alpha value is -1.35. The van der Waals surface area contributed by atoms with Gasteiger partial charge in [0.1, 0.15) is 0 Å². The van der Waals surface area contributed by atoms with E-state index in [0.29, 0.717) is 12.6 Å². The molecule has 16 heavy (non-hydrogen) atoms. The van der Waals surface area contributed by atoms with Crippen LogP contribution in [0.25, 0.3) is 0 Å². The van der Waals surface area contributed by atoms with Gasteiger partial charge in [-0.25, -0.2) is 0 Å². The zero-order valence-corrected chi connectivity index (χ0v) is 10.4. The monoisotopic (exact) mass is 221 g/mol. The number of anilines is 1. The molecule has 0 N–H and O–H groups in total. The van der Waals surface area contributed by atoms with E-state index in [2.05, 4.69) is 11.8 Å². The van der Waals surface area contributed by atoms with Crippen molar-refractivity contribution in [2.24, 2.45) is 0 Å². The molecule has 0 fully saturated rings. The summed E-state index contributed by atoms with van der Waals surface area (Å²) in [4.78, 5) is 13.3. The SMILES string of the molecule is COCC(C)N(C)c1ccc(C(C)=O)cc1. The van der Waals surface area contributed by atoms with Crippen molar-refractivity contribution >= 4 is 11.5 Å². The molecule has 0 saturated carbocycles. The molecule has 1 aromatic rings. The van der Waals surface area contributed by atoms with Crippen LogP contribution >= 0.6 is 0 Å². The second kappa shape index (κ2) is 5.66. The third-order valence-corrected chi connectivity index (χ3v) is 2.75. The molecule has 88 valence electrons. The fourth-order valence-electron chi connectivity index (χ4n) is 1.54. The van der Waals surface area contributed by atoms with Crippen molar-refractivity contribution in [2.75, 3.05) is 25.7 Å². The van der Waals surface area contributed by atoms with Crippen molar-refractivity contribution in [2.45, 2.75) is 19.9 Å². The normalized spacial score (nSPS) is 12.2. The predicted octanol–water partition coefficient (Wildman–Crippen LogP) is 2.36. The third kappa shape index (κ3) is 3.07. The summed E-state index contributed by atoms with van der Waals surface area (Å²) in [6.07, 6.45) is 0. The molecule has 0 aromatic heterocycles. The van der Waals surface area contributed by atoms with Crippen LogP contribution in [0.3, 0.4) is 0 Å². The van der Waals surface area contributed by atoms with Crippen LogP contribution in [0.4, 0.5) is 5.69 Å². The Balaban J connectivity index is 2.77. The van der Waals surface area contributed by atoms with Gasteiger partial charge in [0.2, 0.25) is 0 Å². The molecular formula is C13H19NO2. The smallest absolute Gasteiger partial charge is 0.159 e. The molecule has 0 aliphatic carbocycles. The average molecular weight is 221 g/mol. The highest BCUT2D eigenvalue weighted by Gasteiger charge is 2.09. The highest BCUT2D eigenvalue weighted by atomic mass is 16.5. The molecule has 0 aliphatic heterocycles. The number of nitrogens with zero attached hydrogens (tertiary/aromatic N) is 1. The third-order valence-electron chi connectivity index (χ3n) is 2.75. The zero-order chi connectivity index (χ0) is 12.1. The van der Waals surface area contributed by atoms with E-state index in [1.54, 1.807) is 14.0 Å². The lowest BCUT2D eigenvalue weighted by molar-refractivity contribution is 0.101. The summed E-state index contributed by atoms with van der Waals surface area (Å²) in [6, 6.07) is 7.95. The van der Waals surface area contributed by atoms with Gasteiger partial charge < -0.3 is 9.64 Å². The van der Waals surface area contributed by atoms with Crippen LogP contribution < -0.4 is 4.90 Å². The largest absolute Gasteiger partial charge is 0.383 e. The van der Waals surface area contributed by atoms with Crippen LogP contribution in [0.15, 0.2) is 24.3 Å². The van der Waals surface area contributed by atoms with E-state index in [9.17, 15) is 4.79 Å². The number of rotatable bonds is 5. The Kier molecular flexibility index (Phi) is 4.50. The molecule has 3 heteroatoms. The number of carbonyl (C=O) groups is 1. The first-order valence-corrected chi connectivity index (χ1v) is 5.39. The Morgan fingerprint density at radius 3 is 2.38 bits per heavy atom. The van der Waals surface area contributed by atoms with Crippen LogP contribution in [0.1, 0.15) is 24.2 Å². The minimum Gasteiger partial charge on any atom is -0.383 e. The summed E-state index contributed by atoms with van der Waals surface area (Å²) in [5.41, 5.74) is 1.84. The molecule has 0 spiro atoms. The van der Waals surface area contributed by atoms with Gasteiger partial charge in [0.25, 0.3) is 0 Å². The van der Waals surface area contributed by atoms with Gasteiger partial charge in [0.05, 0.1) is 6.61 Å². The standard InChI is InChI=1S/C13H19NO2/c1-10(9-16-4)14(3)13-7-5-12(6-8-13)11(2)15/h5-8,10H,9H2,1-4H3. The topological polar surface area (TPSA) is 29.5 Å². The summed E-state index contributed by atoms with van der Waals surface area (Å²) in [7, 11) is 3.72. The lowest BCUT2D eigenvalue weighted by atomic mass is 10.1. The summed E-state index contributed by atoms with van der Waals surface area (Å²) < 4.78 is 5.11. The number of likely N-dealkylation sites (N-methyl/N-ethyl adjacent to an activating group) is 1. The quantitative estimate of drug-likeness (QED) is 0.715. The summed E-state index contributed by atoms with van der Waals surface area (Å²) in [5, 5.41) is 0. The number of ether oxygens (including phenoxy) is 1. The van der Waals surface area contributed by atoms with E-state index in [1.165, 1.54) is 0 Å². The van der Waals surface area contributed by atoms with Gasteiger partial charge in [-0.05, 0) is 38.1 Å². The van der Waals surface area contributed by atoms with E-state index < -0.39 is 0 Å². The molecule has 0 radical (unpaired) electrons. The molecule has 0 bridgehead atoms. The molecule has 0 aliphatic rings. The van der Waals surface area contributed by atoms with Gasteiger partial charge in [-0.1, -0.05) is 0 Å². The van der Waals surface area contributed by atoms with E-state index in [1.807, 2.05) is 31.3 Å². The van der Waals surface area contributed by atoms with E-state index in [4.69, 9.17) is 4.74 Å². The molecule has 3 nitrogen and oxygen atoms in total. The molecule has 1 atom stereocenters. The highest BCUT2D eigenvalue weighted by molar-refractivity contribution is 5.94. The zero-order valence-electron chi connectivity index (χ0n) is 10.4. The Bertz CT molecular complexity index is 345. The van der Waals surface area contributed by atoms with E-state index >= 15 is 0 Å². The number of carbonyl (C=O) groups excluding carboxylic acids is 1. The molecule has 1 unspecified atom stereocenters. The Morgan fingerprint density at radius 1 is 1.38 bits per heavy atom. The van der Waals surface area contributed by atoms with Gasteiger partial charge in [-0.3, -0.25) is 4.79 Å². The first-order valence-electron chi connectivity index (χ1n) is 5.39. The maximum Gasteiger partial charge on any atom is 0.159 e. The van der Waals surface area contributed by atoms with Crippen molar-refractivity contribution in [1.82, 2.24) is 0 Å². The Labute approximate surface area is 97.0 Å². The van der Waals surface area contributed by atoms with Gasteiger partial charge >= 0.3 is 0 Å². The van der Waals surface area contributed by atoms with Gasteiger partial charge in [0, 0.05) is 31.5 Å². The van der Waals surface area contributed by atoms with Crippen molar-refractivity contribution in [3.8, 4) is 0 Å². The molecule has 0 heterocycles. The van der Waals surface area contributed by atoms with Crippen LogP contribution in [-0.2, 0) is 4.74 Å². The maximum absolute atomic E-state index is 11.1. The number of ketones is 1. The number of benzene rings is 1. The molecule has 0 amide bonds. The molecule has 1 rings (SSSR count). The van der Waals surface area contributed by atoms with Crippen molar-refractivity contribution in [3.05, 3.63) is 29.8 Å². The Morgan fingerprint density at radius 2 is 1.94 bits per heavy atom. The fraction of sp³-hybridized carbons (Fsp3) is 0.462. The maximum atomic E-state index is 11.1. The van der Waals surface area contributed by atoms with Crippen molar-refractivity contribution < 1.29 is 9.53 Å². The van der Waals surface area contributed by atoms with Crippen LogP contribution in [0.2, 0.25) is 0 Å². The predicted molar refractivity (Wildman–Crippen MR) is 66.2 cm³/mol. The summed E-state index contributed by atoms with van der Waals surface area (Å²) >= 11 is 0. The highest BCUT2D eigenvalue weighted by Crippen LogP contribution is 2.16. The van der Waals surface area contributed by atoms with Crippen molar-refractivity contribution in [1.29, 1.82) is 0 Å². The second-order valence-electron chi connectivity index (χ2n) is 4.02. The molecule has 1 aromatic carbocycles. The second-order valence-corrected chi connectivity index (χ2v) is 4.02. The van der Waals surface area contributed by atoms with Gasteiger partial charge in [0.15, 0.2) is 5.78 Å². The van der Waals surface area contributed by atoms with Crippen LogP contribution in [0, 0.1) is 0 Å². The number of methoxy groups -OCH3 is 1. The minimum atomic E-state index is 0.0964. The van der Waals surface area contributed by atoms with E-state index in [0.717, 1.165) is 11.3 Å². The number of hydrogen-bond donors (Lipinski definition) is 0. The van der Waals surface area contributed by atoms with Gasteiger partial charge in [-0.15, -0.1) is 0 Å².